The highest BCUT2D eigenvalue weighted by Crippen LogP contribution is 2.09. The lowest BCUT2D eigenvalue weighted by Crippen LogP contribution is -2.26. The fourth-order valence-corrected chi connectivity index (χ4v) is 2.06. The molecule has 0 aromatic carbocycles. The Bertz CT molecular complexity index is 689. The van der Waals surface area contributed by atoms with Crippen LogP contribution in [0.4, 0.5) is 0 Å². The molecule has 94 valence electrons. The smallest absolute Gasteiger partial charge is 0.350 e. The number of aliphatic imine (C=N–C) groups is 1. The van der Waals surface area contributed by atoms with Crippen LogP contribution in [0, 0.1) is 0 Å². The summed E-state index contributed by atoms with van der Waals surface area (Å²) in [6.07, 6.45) is 1.58. The Labute approximate surface area is 110 Å². The normalized spacial score (nSPS) is 19.0. The zero-order valence-electron chi connectivity index (χ0n) is 9.50. The predicted molar refractivity (Wildman–Crippen MR) is 68.3 cm³/mol. The van der Waals surface area contributed by atoms with Gasteiger partial charge in [-0.2, -0.15) is 0 Å². The molecular weight excluding hydrogens is 302 g/mol. The van der Waals surface area contributed by atoms with Gasteiger partial charge in [-0.1, -0.05) is 0 Å². The molecule has 2 aromatic rings. The highest BCUT2D eigenvalue weighted by molar-refractivity contribution is 9.10. The number of pyridine rings is 1. The first-order valence-corrected chi connectivity index (χ1v) is 6.16. The Hall–Kier alpha value is -1.67. The van der Waals surface area contributed by atoms with Gasteiger partial charge in [0, 0.05) is 10.7 Å². The van der Waals surface area contributed by atoms with Crippen LogP contribution in [-0.2, 0) is 11.4 Å². The molecule has 7 nitrogen and oxygen atoms in total. The van der Waals surface area contributed by atoms with Crippen molar-refractivity contribution >= 4 is 27.5 Å². The van der Waals surface area contributed by atoms with Crippen LogP contribution < -0.4 is 11.2 Å². The lowest BCUT2D eigenvalue weighted by Gasteiger charge is -1.98. The Balaban J connectivity index is 2.00. The fraction of sp³-hybridized carbons (Fsp3) is 0.300. The summed E-state index contributed by atoms with van der Waals surface area (Å²) < 4.78 is 3.61. The van der Waals surface area contributed by atoms with E-state index in [9.17, 15) is 4.79 Å². The zero-order chi connectivity index (χ0) is 12.7. The van der Waals surface area contributed by atoms with E-state index in [2.05, 4.69) is 31.5 Å². The maximum absolute atomic E-state index is 12.1. The Kier molecular flexibility index (Phi) is 2.67. The number of hydrogen-bond acceptors (Lipinski definition) is 5. The van der Waals surface area contributed by atoms with Crippen molar-refractivity contribution in [3.8, 4) is 0 Å². The second-order valence-corrected chi connectivity index (χ2v) is 4.85. The van der Waals surface area contributed by atoms with Gasteiger partial charge in [-0.25, -0.2) is 18.9 Å². The Morgan fingerprint density at radius 1 is 1.56 bits per heavy atom. The molecular formula is C10H10BrN5O2. The van der Waals surface area contributed by atoms with E-state index in [1.54, 1.807) is 12.3 Å². The number of nitrogens with one attached hydrogen (secondary N) is 1. The second kappa shape index (κ2) is 4.21. The third-order valence-corrected chi connectivity index (χ3v) is 2.98. The molecule has 2 aromatic heterocycles. The highest BCUT2D eigenvalue weighted by atomic mass is 79.9. The molecule has 0 saturated carbocycles. The molecule has 8 heteroatoms. The molecule has 1 aliphatic rings. The average Bonchev–Trinajstić information content (AvgIpc) is 2.86. The van der Waals surface area contributed by atoms with E-state index in [4.69, 9.17) is 4.84 Å². The molecule has 0 bridgehead atoms. The van der Waals surface area contributed by atoms with E-state index in [1.165, 1.54) is 9.08 Å². The summed E-state index contributed by atoms with van der Waals surface area (Å²) in [5.41, 5.74) is 3.05. The SMILES string of the molecule is CC1N=C(Cn2nc3ccc(Br)cn3c2=O)ON1. The van der Waals surface area contributed by atoms with Gasteiger partial charge < -0.3 is 4.84 Å². The van der Waals surface area contributed by atoms with E-state index in [0.717, 1.165) is 4.47 Å². The molecule has 0 saturated heterocycles. The number of hydrogen-bond donors (Lipinski definition) is 1. The van der Waals surface area contributed by atoms with Crippen molar-refractivity contribution in [3.63, 3.8) is 0 Å². The summed E-state index contributed by atoms with van der Waals surface area (Å²) >= 11 is 3.32. The van der Waals surface area contributed by atoms with E-state index in [-0.39, 0.29) is 18.4 Å². The molecule has 1 atom stereocenters. The van der Waals surface area contributed by atoms with Gasteiger partial charge in [-0.05, 0) is 35.0 Å². The van der Waals surface area contributed by atoms with Crippen LogP contribution in [0.3, 0.4) is 0 Å². The third-order valence-electron chi connectivity index (χ3n) is 2.51. The van der Waals surface area contributed by atoms with Crippen LogP contribution in [-0.4, -0.2) is 26.2 Å². The molecule has 1 aliphatic heterocycles. The molecule has 1 N–H and O–H groups in total. The number of hydroxylamine groups is 1. The molecule has 3 heterocycles. The fourth-order valence-electron chi connectivity index (χ4n) is 1.72. The largest absolute Gasteiger partial charge is 0.389 e. The molecule has 0 spiro atoms. The van der Waals surface area contributed by atoms with Gasteiger partial charge in [0.2, 0.25) is 5.90 Å². The van der Waals surface area contributed by atoms with Crippen LogP contribution in [0.25, 0.3) is 5.65 Å². The lowest BCUT2D eigenvalue weighted by molar-refractivity contribution is 0.178. The quantitative estimate of drug-likeness (QED) is 0.878. The number of fused-ring (bicyclic) bond motifs is 1. The summed E-state index contributed by atoms with van der Waals surface area (Å²) in [6.45, 7) is 2.08. The summed E-state index contributed by atoms with van der Waals surface area (Å²) in [6, 6.07) is 3.60. The molecule has 0 fully saturated rings. The van der Waals surface area contributed by atoms with Gasteiger partial charge in [-0.15, -0.1) is 10.6 Å². The number of aromatic nitrogens is 3. The van der Waals surface area contributed by atoms with E-state index >= 15 is 0 Å². The molecule has 0 amide bonds. The number of rotatable bonds is 2. The van der Waals surface area contributed by atoms with Crippen molar-refractivity contribution in [2.45, 2.75) is 19.6 Å². The summed E-state index contributed by atoms with van der Waals surface area (Å²) in [5, 5.41) is 4.20. The second-order valence-electron chi connectivity index (χ2n) is 3.93. The zero-order valence-corrected chi connectivity index (χ0v) is 11.1. The minimum absolute atomic E-state index is 0.0955. The first-order valence-electron chi connectivity index (χ1n) is 5.37. The minimum atomic E-state index is -0.225. The monoisotopic (exact) mass is 311 g/mol. The minimum Gasteiger partial charge on any atom is -0.389 e. The van der Waals surface area contributed by atoms with Crippen molar-refractivity contribution in [1.82, 2.24) is 19.7 Å². The van der Waals surface area contributed by atoms with E-state index in [1.807, 2.05) is 13.0 Å². The van der Waals surface area contributed by atoms with Gasteiger partial charge in [0.1, 0.15) is 12.7 Å². The van der Waals surface area contributed by atoms with Crippen LogP contribution in [0.15, 0.2) is 32.6 Å². The third kappa shape index (κ3) is 1.93. The number of halogens is 1. The Morgan fingerprint density at radius 3 is 3.11 bits per heavy atom. The summed E-state index contributed by atoms with van der Waals surface area (Å²) in [5.74, 6) is 0.451. The first kappa shape index (κ1) is 11.4. The molecule has 18 heavy (non-hydrogen) atoms. The molecule has 0 aliphatic carbocycles. The van der Waals surface area contributed by atoms with E-state index in [0.29, 0.717) is 11.5 Å². The van der Waals surface area contributed by atoms with Crippen LogP contribution in [0.5, 0.6) is 0 Å². The highest BCUT2D eigenvalue weighted by Gasteiger charge is 2.16. The average molecular weight is 312 g/mol. The standard InChI is InChI=1S/C10H10BrN5O2/c1-6-12-9(18-14-6)5-16-10(17)15-4-7(11)2-3-8(15)13-16/h2-4,6,14H,5H2,1H3. The first-order chi connectivity index (χ1) is 8.63. The molecule has 0 radical (unpaired) electrons. The van der Waals surface area contributed by atoms with Crippen molar-refractivity contribution < 1.29 is 4.84 Å². The summed E-state index contributed by atoms with van der Waals surface area (Å²) in [4.78, 5) is 21.4. The van der Waals surface area contributed by atoms with Crippen LogP contribution in [0.1, 0.15) is 6.92 Å². The number of nitrogens with zero attached hydrogens (tertiary/aromatic N) is 4. The van der Waals surface area contributed by atoms with Crippen molar-refractivity contribution in [2.24, 2.45) is 4.99 Å². The topological polar surface area (TPSA) is 72.9 Å². The Morgan fingerprint density at radius 2 is 2.39 bits per heavy atom. The van der Waals surface area contributed by atoms with Gasteiger partial charge >= 0.3 is 5.69 Å². The summed E-state index contributed by atoms with van der Waals surface area (Å²) in [7, 11) is 0. The van der Waals surface area contributed by atoms with Gasteiger partial charge in [-0.3, -0.25) is 0 Å². The predicted octanol–water partition coefficient (Wildman–Crippen LogP) is 0.538. The maximum Gasteiger partial charge on any atom is 0.350 e. The van der Waals surface area contributed by atoms with Crippen molar-refractivity contribution in [3.05, 3.63) is 33.3 Å². The lowest BCUT2D eigenvalue weighted by atomic mass is 10.5. The van der Waals surface area contributed by atoms with Gasteiger partial charge in [0.15, 0.2) is 5.65 Å². The molecule has 3 rings (SSSR count). The van der Waals surface area contributed by atoms with Crippen molar-refractivity contribution in [2.75, 3.05) is 0 Å². The van der Waals surface area contributed by atoms with Crippen LogP contribution in [0.2, 0.25) is 0 Å². The van der Waals surface area contributed by atoms with E-state index < -0.39 is 0 Å². The van der Waals surface area contributed by atoms with Gasteiger partial charge in [0.25, 0.3) is 0 Å². The maximum atomic E-state index is 12.1. The molecule has 1 unspecified atom stereocenters. The van der Waals surface area contributed by atoms with Crippen molar-refractivity contribution in [1.29, 1.82) is 0 Å². The van der Waals surface area contributed by atoms with Gasteiger partial charge in [0.05, 0.1) is 0 Å². The van der Waals surface area contributed by atoms with Crippen LogP contribution >= 0.6 is 15.9 Å².